The molecule has 2 aromatic rings. The number of nitrogen functional groups attached to an aromatic ring is 1. The first kappa shape index (κ1) is 12.0. The molecule has 1 heterocycles. The fraction of sp³-hybridized carbons (Fsp3) is 0.167. The van der Waals surface area contributed by atoms with E-state index in [0.29, 0.717) is 28.9 Å². The summed E-state index contributed by atoms with van der Waals surface area (Å²) in [6.07, 6.45) is 1.38. The van der Waals surface area contributed by atoms with E-state index in [2.05, 4.69) is 15.3 Å². The average Bonchev–Trinajstić information content (AvgIpc) is 2.42. The van der Waals surface area contributed by atoms with Crippen molar-refractivity contribution in [2.24, 2.45) is 0 Å². The summed E-state index contributed by atoms with van der Waals surface area (Å²) in [4.78, 5) is 7.99. The molecular weight excluding hydrogens is 232 g/mol. The first-order valence-electron chi connectivity index (χ1n) is 5.35. The van der Waals surface area contributed by atoms with Crippen LogP contribution < -0.4 is 20.5 Å². The second-order valence-electron chi connectivity index (χ2n) is 3.44. The Morgan fingerprint density at radius 1 is 1.17 bits per heavy atom. The molecule has 0 amide bonds. The molecule has 0 unspecified atom stereocenters. The van der Waals surface area contributed by atoms with Gasteiger partial charge in [-0.2, -0.15) is 4.98 Å². The summed E-state index contributed by atoms with van der Waals surface area (Å²) < 4.78 is 10.8. The van der Waals surface area contributed by atoms with Crippen LogP contribution in [0.5, 0.6) is 17.4 Å². The minimum Gasteiger partial charge on any atom is -0.493 e. The monoisotopic (exact) mass is 246 g/mol. The van der Waals surface area contributed by atoms with Crippen LogP contribution in [0.15, 0.2) is 30.6 Å². The molecular formula is C12H14N4O2. The van der Waals surface area contributed by atoms with E-state index in [9.17, 15) is 0 Å². The maximum Gasteiger partial charge on any atom is 0.248 e. The Balaban J connectivity index is 2.34. The highest BCUT2D eigenvalue weighted by molar-refractivity contribution is 5.66. The van der Waals surface area contributed by atoms with Gasteiger partial charge in [0.05, 0.1) is 7.11 Å². The number of hydrogen-bond acceptors (Lipinski definition) is 6. The molecule has 0 aliphatic rings. The first-order chi connectivity index (χ1) is 8.76. The van der Waals surface area contributed by atoms with Crippen molar-refractivity contribution in [2.75, 3.05) is 25.2 Å². The maximum atomic E-state index is 5.88. The zero-order valence-electron chi connectivity index (χ0n) is 10.2. The van der Waals surface area contributed by atoms with Gasteiger partial charge in [0.2, 0.25) is 5.88 Å². The van der Waals surface area contributed by atoms with Gasteiger partial charge in [-0.1, -0.05) is 12.1 Å². The Hall–Kier alpha value is -2.50. The van der Waals surface area contributed by atoms with Crippen LogP contribution in [-0.4, -0.2) is 24.1 Å². The van der Waals surface area contributed by atoms with E-state index in [1.165, 1.54) is 6.33 Å². The molecule has 18 heavy (non-hydrogen) atoms. The van der Waals surface area contributed by atoms with Crippen molar-refractivity contribution < 1.29 is 9.47 Å². The predicted octanol–water partition coefficient (Wildman–Crippen LogP) is 1.90. The molecule has 0 saturated heterocycles. The summed E-state index contributed by atoms with van der Waals surface area (Å²) in [6.45, 7) is 0. The number of nitrogens with two attached hydrogens (primary N) is 1. The Labute approximate surface area is 105 Å². The third-order valence-corrected chi connectivity index (χ3v) is 2.36. The normalized spacial score (nSPS) is 9.89. The fourth-order valence-electron chi connectivity index (χ4n) is 1.47. The van der Waals surface area contributed by atoms with Gasteiger partial charge in [0, 0.05) is 7.05 Å². The molecule has 0 bridgehead atoms. The Morgan fingerprint density at radius 3 is 2.56 bits per heavy atom. The average molecular weight is 246 g/mol. The van der Waals surface area contributed by atoms with E-state index in [1.807, 2.05) is 12.1 Å². The van der Waals surface area contributed by atoms with Crippen LogP contribution in [0, 0.1) is 0 Å². The van der Waals surface area contributed by atoms with Gasteiger partial charge in [0.1, 0.15) is 12.0 Å². The summed E-state index contributed by atoms with van der Waals surface area (Å²) in [5.74, 6) is 1.97. The van der Waals surface area contributed by atoms with Gasteiger partial charge < -0.3 is 20.5 Å². The number of anilines is 2. The van der Waals surface area contributed by atoms with E-state index in [0.717, 1.165) is 0 Å². The van der Waals surface area contributed by atoms with E-state index in [4.69, 9.17) is 15.2 Å². The van der Waals surface area contributed by atoms with E-state index in [-0.39, 0.29) is 0 Å². The van der Waals surface area contributed by atoms with Gasteiger partial charge in [-0.3, -0.25) is 0 Å². The summed E-state index contributed by atoms with van der Waals surface area (Å²) >= 11 is 0. The standard InChI is InChI=1S/C12H14N4O2/c1-14-11-10(13)12(16-7-15-11)18-9-6-4-3-5-8(9)17-2/h3-7H,13H2,1-2H3,(H,14,15,16). The summed E-state index contributed by atoms with van der Waals surface area (Å²) in [5, 5.41) is 2.86. The summed E-state index contributed by atoms with van der Waals surface area (Å²) in [6, 6.07) is 7.27. The van der Waals surface area contributed by atoms with Crippen molar-refractivity contribution in [1.82, 2.24) is 9.97 Å². The molecule has 0 saturated carbocycles. The lowest BCUT2D eigenvalue weighted by Gasteiger charge is -2.11. The SMILES string of the molecule is CNc1ncnc(Oc2ccccc2OC)c1N. The summed E-state index contributed by atoms with van der Waals surface area (Å²) in [5.41, 5.74) is 6.23. The molecule has 1 aromatic carbocycles. The number of methoxy groups -OCH3 is 1. The second-order valence-corrected chi connectivity index (χ2v) is 3.44. The van der Waals surface area contributed by atoms with E-state index < -0.39 is 0 Å². The minimum absolute atomic E-state index is 0.291. The lowest BCUT2D eigenvalue weighted by atomic mass is 10.3. The van der Waals surface area contributed by atoms with Crippen LogP contribution in [0.3, 0.4) is 0 Å². The van der Waals surface area contributed by atoms with Crippen molar-refractivity contribution in [3.05, 3.63) is 30.6 Å². The highest BCUT2D eigenvalue weighted by Gasteiger charge is 2.11. The Kier molecular flexibility index (Phi) is 3.47. The van der Waals surface area contributed by atoms with Gasteiger partial charge in [0.25, 0.3) is 0 Å². The Morgan fingerprint density at radius 2 is 1.89 bits per heavy atom. The number of nitrogens with one attached hydrogen (secondary N) is 1. The topological polar surface area (TPSA) is 82.3 Å². The highest BCUT2D eigenvalue weighted by Crippen LogP contribution is 2.34. The minimum atomic E-state index is 0.291. The first-order valence-corrected chi connectivity index (χ1v) is 5.35. The quantitative estimate of drug-likeness (QED) is 0.857. The van der Waals surface area contributed by atoms with Gasteiger partial charge in [-0.15, -0.1) is 0 Å². The smallest absolute Gasteiger partial charge is 0.248 e. The molecule has 0 atom stereocenters. The number of benzene rings is 1. The molecule has 0 radical (unpaired) electrons. The molecule has 2 rings (SSSR count). The zero-order valence-corrected chi connectivity index (χ0v) is 10.2. The third-order valence-electron chi connectivity index (χ3n) is 2.36. The molecule has 0 spiro atoms. The number of hydrogen-bond donors (Lipinski definition) is 2. The van der Waals surface area contributed by atoms with Crippen LogP contribution in [0.4, 0.5) is 11.5 Å². The highest BCUT2D eigenvalue weighted by atomic mass is 16.5. The molecule has 1 aromatic heterocycles. The number of para-hydroxylation sites is 2. The number of aromatic nitrogens is 2. The van der Waals surface area contributed by atoms with Gasteiger partial charge >= 0.3 is 0 Å². The number of nitrogens with zero attached hydrogens (tertiary/aromatic N) is 2. The van der Waals surface area contributed by atoms with Crippen molar-refractivity contribution in [3.8, 4) is 17.4 Å². The van der Waals surface area contributed by atoms with Crippen LogP contribution in [-0.2, 0) is 0 Å². The molecule has 0 aliphatic carbocycles. The van der Waals surface area contributed by atoms with E-state index in [1.54, 1.807) is 26.3 Å². The van der Waals surface area contributed by atoms with Gasteiger partial charge in [-0.05, 0) is 12.1 Å². The summed E-state index contributed by atoms with van der Waals surface area (Å²) in [7, 11) is 3.30. The molecule has 0 aliphatic heterocycles. The molecule has 6 nitrogen and oxygen atoms in total. The van der Waals surface area contributed by atoms with Crippen molar-refractivity contribution in [1.29, 1.82) is 0 Å². The van der Waals surface area contributed by atoms with Gasteiger partial charge in [-0.25, -0.2) is 4.98 Å². The van der Waals surface area contributed by atoms with Crippen LogP contribution in [0.25, 0.3) is 0 Å². The molecule has 94 valence electrons. The third kappa shape index (κ3) is 2.27. The predicted molar refractivity (Wildman–Crippen MR) is 69.1 cm³/mol. The van der Waals surface area contributed by atoms with Crippen molar-refractivity contribution >= 4 is 11.5 Å². The van der Waals surface area contributed by atoms with Crippen molar-refractivity contribution in [2.45, 2.75) is 0 Å². The van der Waals surface area contributed by atoms with E-state index >= 15 is 0 Å². The Bertz CT molecular complexity index is 545. The molecule has 3 N–H and O–H groups in total. The maximum absolute atomic E-state index is 5.88. The lowest BCUT2D eigenvalue weighted by molar-refractivity contribution is 0.374. The molecule has 6 heteroatoms. The van der Waals surface area contributed by atoms with Crippen LogP contribution in [0.2, 0.25) is 0 Å². The largest absolute Gasteiger partial charge is 0.493 e. The lowest BCUT2D eigenvalue weighted by Crippen LogP contribution is -2.03. The number of ether oxygens (including phenoxy) is 2. The number of rotatable bonds is 4. The van der Waals surface area contributed by atoms with Crippen LogP contribution in [0.1, 0.15) is 0 Å². The van der Waals surface area contributed by atoms with Crippen LogP contribution >= 0.6 is 0 Å². The fourth-order valence-corrected chi connectivity index (χ4v) is 1.47. The molecule has 0 fully saturated rings. The zero-order chi connectivity index (χ0) is 13.0. The van der Waals surface area contributed by atoms with Crippen molar-refractivity contribution in [3.63, 3.8) is 0 Å². The second kappa shape index (κ2) is 5.22. The van der Waals surface area contributed by atoms with Gasteiger partial charge in [0.15, 0.2) is 17.3 Å².